The zero-order chi connectivity index (χ0) is 27.3. The summed E-state index contributed by atoms with van der Waals surface area (Å²) in [6.07, 6.45) is 0. The fourth-order valence-electron chi connectivity index (χ4n) is 4.13. The molecule has 0 radical (unpaired) electrons. The lowest BCUT2D eigenvalue weighted by molar-refractivity contribution is -0.172. The summed E-state index contributed by atoms with van der Waals surface area (Å²) in [5, 5.41) is 5.69. The van der Waals surface area contributed by atoms with Gasteiger partial charge in [-0.2, -0.15) is 0 Å². The van der Waals surface area contributed by atoms with Crippen molar-refractivity contribution in [1.29, 1.82) is 0 Å². The van der Waals surface area contributed by atoms with Crippen LogP contribution < -0.4 is 15.4 Å². The third kappa shape index (κ3) is 6.57. The number of halogens is 4. The zero-order valence-corrected chi connectivity index (χ0v) is 22.6. The molecule has 0 saturated carbocycles. The Morgan fingerprint density at radius 1 is 1.03 bits per heavy atom. The number of amides is 1. The number of ether oxygens (including phenoxy) is 2. The largest absolute Gasteiger partial charge is 0.492 e. The first kappa shape index (κ1) is 27.7. The molecular weight excluding hydrogens is 614 g/mol. The van der Waals surface area contributed by atoms with Crippen LogP contribution in [0.2, 0.25) is 0 Å². The summed E-state index contributed by atoms with van der Waals surface area (Å²) in [6, 6.07) is 15.5. The van der Waals surface area contributed by atoms with Crippen LogP contribution in [-0.2, 0) is 9.53 Å². The van der Waals surface area contributed by atoms with Crippen LogP contribution in [0.25, 0.3) is 0 Å². The number of benzene rings is 3. The Morgan fingerprint density at radius 2 is 1.76 bits per heavy atom. The minimum absolute atomic E-state index is 0.0360. The van der Waals surface area contributed by atoms with Crippen molar-refractivity contribution in [2.75, 3.05) is 38.1 Å². The Hall–Kier alpha value is -3.32. The van der Waals surface area contributed by atoms with Crippen molar-refractivity contribution in [3.8, 4) is 5.75 Å². The number of nitrogens with zero attached hydrogens (tertiary/aromatic N) is 1. The minimum Gasteiger partial charge on any atom is -0.492 e. The standard InChI is InChI=1S/C27H25F3IN3O4/c1-17(35)38-27(14-32-11-12-37-19-5-3-2-4-6-19)15-34(16-27)26(36)20-8-9-21(28)24(30)25(20)33-23-10-7-18(31)13-22(23)29/h2-10,13,32-33H,11-12,14-16H2,1H3. The van der Waals surface area contributed by atoms with Crippen molar-refractivity contribution < 1.29 is 32.2 Å². The number of carbonyl (C=O) groups excluding carboxylic acids is 2. The van der Waals surface area contributed by atoms with Gasteiger partial charge >= 0.3 is 5.97 Å². The first-order valence-corrected chi connectivity index (χ1v) is 12.8. The molecule has 3 aromatic rings. The first-order valence-electron chi connectivity index (χ1n) is 11.7. The smallest absolute Gasteiger partial charge is 0.303 e. The van der Waals surface area contributed by atoms with E-state index >= 15 is 0 Å². The quantitative estimate of drug-likeness (QED) is 0.187. The van der Waals surface area contributed by atoms with Gasteiger partial charge in [0.2, 0.25) is 0 Å². The SMILES string of the molecule is CC(=O)OC1(CNCCOc2ccccc2)CN(C(=O)c2ccc(F)c(F)c2Nc2ccc(I)cc2F)C1. The van der Waals surface area contributed by atoms with E-state index in [0.29, 0.717) is 16.7 Å². The molecule has 38 heavy (non-hydrogen) atoms. The van der Waals surface area contributed by atoms with Gasteiger partial charge in [0.15, 0.2) is 17.2 Å². The molecule has 11 heteroatoms. The number of carbonyl (C=O) groups is 2. The van der Waals surface area contributed by atoms with E-state index in [2.05, 4.69) is 10.6 Å². The van der Waals surface area contributed by atoms with Gasteiger partial charge in [-0.25, -0.2) is 13.2 Å². The summed E-state index contributed by atoms with van der Waals surface area (Å²) in [5.41, 5.74) is -1.75. The van der Waals surface area contributed by atoms with Crippen LogP contribution in [0.4, 0.5) is 24.5 Å². The summed E-state index contributed by atoms with van der Waals surface area (Å²) in [4.78, 5) is 26.4. The second-order valence-corrected chi connectivity index (χ2v) is 10.1. The molecule has 0 spiro atoms. The fraction of sp³-hybridized carbons (Fsp3) is 0.259. The molecule has 3 aromatic carbocycles. The Balaban J connectivity index is 1.42. The Morgan fingerprint density at radius 3 is 2.45 bits per heavy atom. The van der Waals surface area contributed by atoms with E-state index in [-0.39, 0.29) is 30.9 Å². The lowest BCUT2D eigenvalue weighted by atomic mass is 9.92. The number of hydrogen-bond acceptors (Lipinski definition) is 6. The maximum atomic E-state index is 14.8. The van der Waals surface area contributed by atoms with Gasteiger partial charge in [-0.05, 0) is 65.1 Å². The van der Waals surface area contributed by atoms with Gasteiger partial charge in [0.05, 0.1) is 30.0 Å². The van der Waals surface area contributed by atoms with E-state index in [1.165, 1.54) is 24.0 Å². The average molecular weight is 639 g/mol. The van der Waals surface area contributed by atoms with Crippen molar-refractivity contribution in [3.63, 3.8) is 0 Å². The summed E-state index contributed by atoms with van der Waals surface area (Å²) in [7, 11) is 0. The molecule has 1 heterocycles. The predicted molar refractivity (Wildman–Crippen MR) is 144 cm³/mol. The molecule has 200 valence electrons. The van der Waals surface area contributed by atoms with E-state index in [4.69, 9.17) is 9.47 Å². The van der Waals surface area contributed by atoms with Crippen LogP contribution in [0.15, 0.2) is 60.7 Å². The van der Waals surface area contributed by atoms with Gasteiger partial charge in [-0.3, -0.25) is 9.59 Å². The van der Waals surface area contributed by atoms with Crippen LogP contribution in [0.5, 0.6) is 5.75 Å². The van der Waals surface area contributed by atoms with Gasteiger partial charge in [0.25, 0.3) is 5.91 Å². The molecule has 2 N–H and O–H groups in total. The molecule has 1 aliphatic heterocycles. The number of esters is 1. The molecule has 1 saturated heterocycles. The second kappa shape index (κ2) is 12.0. The lowest BCUT2D eigenvalue weighted by Gasteiger charge is -2.49. The molecule has 0 atom stereocenters. The minimum atomic E-state index is -1.30. The normalized spacial score (nSPS) is 14.0. The number of rotatable bonds is 10. The summed E-state index contributed by atoms with van der Waals surface area (Å²) >= 11 is 1.92. The lowest BCUT2D eigenvalue weighted by Crippen LogP contribution is -2.69. The molecule has 0 bridgehead atoms. The highest BCUT2D eigenvalue weighted by molar-refractivity contribution is 14.1. The topological polar surface area (TPSA) is 79.9 Å². The maximum absolute atomic E-state index is 14.8. The van der Waals surface area contributed by atoms with E-state index in [9.17, 15) is 22.8 Å². The van der Waals surface area contributed by atoms with Crippen LogP contribution >= 0.6 is 22.6 Å². The zero-order valence-electron chi connectivity index (χ0n) is 20.4. The van der Waals surface area contributed by atoms with Crippen molar-refractivity contribution in [2.24, 2.45) is 0 Å². The molecule has 7 nitrogen and oxygen atoms in total. The molecule has 0 unspecified atom stereocenters. The number of para-hydroxylation sites is 1. The number of anilines is 2. The van der Waals surface area contributed by atoms with Crippen LogP contribution in [0, 0.1) is 21.0 Å². The molecule has 1 amide bonds. The van der Waals surface area contributed by atoms with Gasteiger partial charge in [0, 0.05) is 23.6 Å². The van der Waals surface area contributed by atoms with Crippen LogP contribution in [0.3, 0.4) is 0 Å². The highest BCUT2D eigenvalue weighted by Crippen LogP contribution is 2.33. The van der Waals surface area contributed by atoms with E-state index < -0.39 is 40.6 Å². The summed E-state index contributed by atoms with van der Waals surface area (Å²) < 4.78 is 55.0. The van der Waals surface area contributed by atoms with E-state index in [1.54, 1.807) is 6.07 Å². The van der Waals surface area contributed by atoms with Gasteiger partial charge in [-0.15, -0.1) is 0 Å². The van der Waals surface area contributed by atoms with E-state index in [1.807, 2.05) is 52.9 Å². The Labute approximate surface area is 231 Å². The molecule has 0 aromatic heterocycles. The first-order chi connectivity index (χ1) is 18.2. The van der Waals surface area contributed by atoms with Crippen molar-refractivity contribution >= 4 is 45.8 Å². The molecule has 0 aliphatic carbocycles. The fourth-order valence-corrected chi connectivity index (χ4v) is 4.58. The average Bonchev–Trinajstić information content (AvgIpc) is 2.86. The second-order valence-electron chi connectivity index (χ2n) is 8.81. The number of nitrogens with one attached hydrogen (secondary N) is 2. The molecule has 1 aliphatic rings. The third-order valence-electron chi connectivity index (χ3n) is 5.86. The maximum Gasteiger partial charge on any atom is 0.303 e. The molecule has 1 fully saturated rings. The van der Waals surface area contributed by atoms with Gasteiger partial charge in [0.1, 0.15) is 18.2 Å². The Bertz CT molecular complexity index is 1320. The highest BCUT2D eigenvalue weighted by atomic mass is 127. The third-order valence-corrected chi connectivity index (χ3v) is 6.53. The van der Waals surface area contributed by atoms with Crippen molar-refractivity contribution in [3.05, 3.63) is 87.2 Å². The van der Waals surface area contributed by atoms with Crippen molar-refractivity contribution in [1.82, 2.24) is 10.2 Å². The van der Waals surface area contributed by atoms with Crippen molar-refractivity contribution in [2.45, 2.75) is 12.5 Å². The summed E-state index contributed by atoms with van der Waals surface area (Å²) in [6.45, 7) is 2.44. The monoisotopic (exact) mass is 639 g/mol. The Kier molecular flexibility index (Phi) is 8.77. The molecule has 4 rings (SSSR count). The highest BCUT2D eigenvalue weighted by Gasteiger charge is 2.48. The van der Waals surface area contributed by atoms with E-state index in [0.717, 1.165) is 17.9 Å². The van der Waals surface area contributed by atoms with Gasteiger partial charge < -0.3 is 25.0 Å². The number of likely N-dealkylation sites (tertiary alicyclic amines) is 1. The van der Waals surface area contributed by atoms with Crippen LogP contribution in [-0.4, -0.2) is 55.2 Å². The number of hydrogen-bond donors (Lipinski definition) is 2. The predicted octanol–water partition coefficient (Wildman–Crippen LogP) is 4.88. The summed E-state index contributed by atoms with van der Waals surface area (Å²) in [5.74, 6) is -3.57. The van der Waals surface area contributed by atoms with Crippen LogP contribution in [0.1, 0.15) is 17.3 Å². The van der Waals surface area contributed by atoms with Gasteiger partial charge in [-0.1, -0.05) is 18.2 Å². The molecular formula is C27H25F3IN3O4.